The van der Waals surface area contributed by atoms with Gasteiger partial charge >= 0.3 is 0 Å². The predicted molar refractivity (Wildman–Crippen MR) is 97.4 cm³/mol. The number of Topliss-reactive ketones (excluding diaryl/α,β-unsaturated/α-hetero) is 1. The van der Waals surface area contributed by atoms with E-state index in [1.165, 1.54) is 12.1 Å². The molecule has 0 radical (unpaired) electrons. The van der Waals surface area contributed by atoms with Crippen LogP contribution in [0.2, 0.25) is 0 Å². The van der Waals surface area contributed by atoms with E-state index in [1.807, 2.05) is 4.90 Å². The highest BCUT2D eigenvalue weighted by atomic mass is 19.1. The van der Waals surface area contributed by atoms with Crippen molar-refractivity contribution in [1.82, 2.24) is 9.80 Å². The summed E-state index contributed by atoms with van der Waals surface area (Å²) < 4.78 is 13.8. The van der Waals surface area contributed by atoms with E-state index in [2.05, 4.69) is 0 Å². The van der Waals surface area contributed by atoms with Gasteiger partial charge < -0.3 is 9.80 Å². The number of hydrogen-bond acceptors (Lipinski definition) is 3. The number of nitrogens with zero attached hydrogens (tertiary/aromatic N) is 2. The lowest BCUT2D eigenvalue weighted by Gasteiger charge is -2.41. The van der Waals surface area contributed by atoms with Crippen LogP contribution in [0, 0.1) is 23.6 Å². The Kier molecular flexibility index (Phi) is 4.98. The van der Waals surface area contributed by atoms with E-state index in [0.717, 1.165) is 19.3 Å². The van der Waals surface area contributed by atoms with Crippen molar-refractivity contribution in [2.24, 2.45) is 17.8 Å². The summed E-state index contributed by atoms with van der Waals surface area (Å²) in [4.78, 5) is 41.1. The Morgan fingerprint density at radius 2 is 1.52 bits per heavy atom. The molecule has 0 unspecified atom stereocenters. The number of halogens is 1. The number of benzene rings is 1. The Bertz CT molecular complexity index is 742. The molecule has 4 rings (SSSR count). The molecule has 2 atom stereocenters. The van der Waals surface area contributed by atoms with Crippen LogP contribution in [-0.4, -0.2) is 53.6 Å². The van der Waals surface area contributed by atoms with E-state index < -0.39 is 5.82 Å². The van der Waals surface area contributed by atoms with Gasteiger partial charge in [0.1, 0.15) is 11.6 Å². The molecule has 2 amide bonds. The van der Waals surface area contributed by atoms with E-state index >= 15 is 0 Å². The highest BCUT2D eigenvalue weighted by Gasteiger charge is 2.42. The van der Waals surface area contributed by atoms with Crippen molar-refractivity contribution in [3.63, 3.8) is 0 Å². The number of amides is 2. The maximum absolute atomic E-state index is 13.8. The molecule has 6 heteroatoms. The van der Waals surface area contributed by atoms with Gasteiger partial charge in [0.25, 0.3) is 5.91 Å². The molecule has 144 valence electrons. The van der Waals surface area contributed by atoms with Crippen LogP contribution in [0.5, 0.6) is 0 Å². The topological polar surface area (TPSA) is 57.7 Å². The zero-order valence-corrected chi connectivity index (χ0v) is 15.4. The molecule has 0 aromatic heterocycles. The Labute approximate surface area is 158 Å². The average Bonchev–Trinajstić information content (AvgIpc) is 2.67. The Balaban J connectivity index is 1.35. The summed E-state index contributed by atoms with van der Waals surface area (Å²) in [6.07, 6.45) is 4.30. The van der Waals surface area contributed by atoms with Gasteiger partial charge in [-0.3, -0.25) is 14.4 Å². The van der Waals surface area contributed by atoms with Crippen molar-refractivity contribution >= 4 is 17.6 Å². The summed E-state index contributed by atoms with van der Waals surface area (Å²) in [5.41, 5.74) is 0.0795. The molecule has 1 heterocycles. The van der Waals surface area contributed by atoms with Crippen molar-refractivity contribution in [2.75, 3.05) is 26.2 Å². The maximum Gasteiger partial charge on any atom is 0.256 e. The normalized spacial score (nSPS) is 28.2. The number of fused-ring (bicyclic) bond motifs is 2. The lowest BCUT2D eigenvalue weighted by atomic mass is 9.67. The first kappa shape index (κ1) is 18.1. The zero-order valence-electron chi connectivity index (χ0n) is 15.4. The van der Waals surface area contributed by atoms with Crippen molar-refractivity contribution < 1.29 is 18.8 Å². The number of piperazine rings is 1. The molecule has 3 fully saturated rings. The third-order valence-corrected chi connectivity index (χ3v) is 6.38. The molecule has 3 aliphatic rings. The van der Waals surface area contributed by atoms with Gasteiger partial charge in [-0.2, -0.15) is 0 Å². The summed E-state index contributed by atoms with van der Waals surface area (Å²) in [5.74, 6) is -0.280. The monoisotopic (exact) mass is 372 g/mol. The first-order chi connectivity index (χ1) is 13.0. The smallest absolute Gasteiger partial charge is 0.256 e. The third kappa shape index (κ3) is 3.49. The van der Waals surface area contributed by atoms with Crippen molar-refractivity contribution in [3.05, 3.63) is 35.6 Å². The number of carbonyl (C=O) groups excluding carboxylic acids is 3. The van der Waals surface area contributed by atoms with Crippen LogP contribution in [0.3, 0.4) is 0 Å². The van der Waals surface area contributed by atoms with E-state index in [4.69, 9.17) is 0 Å². The third-order valence-electron chi connectivity index (χ3n) is 6.38. The summed E-state index contributed by atoms with van der Waals surface area (Å²) in [5, 5.41) is 0. The second-order valence-electron chi connectivity index (χ2n) is 7.99. The van der Waals surface area contributed by atoms with E-state index in [9.17, 15) is 18.8 Å². The lowest BCUT2D eigenvalue weighted by Crippen LogP contribution is -2.53. The van der Waals surface area contributed by atoms with Gasteiger partial charge in [0.05, 0.1) is 5.56 Å². The van der Waals surface area contributed by atoms with Crippen molar-refractivity contribution in [1.29, 1.82) is 0 Å². The molecule has 2 aliphatic carbocycles. The molecular formula is C21H25FN2O3. The van der Waals surface area contributed by atoms with Crippen LogP contribution >= 0.6 is 0 Å². The molecule has 2 saturated carbocycles. The van der Waals surface area contributed by atoms with Gasteiger partial charge in [-0.15, -0.1) is 0 Å². The summed E-state index contributed by atoms with van der Waals surface area (Å²) in [6.45, 7) is 1.77. The SMILES string of the molecule is O=C1[C@H]2CCC[C@H]1CC(C(=O)N1CCN(C(=O)c3ccccc3F)CC1)C2. The molecule has 1 saturated heterocycles. The molecule has 1 aromatic rings. The van der Waals surface area contributed by atoms with Gasteiger partial charge in [0.15, 0.2) is 0 Å². The van der Waals surface area contributed by atoms with Gasteiger partial charge in [0, 0.05) is 43.9 Å². The Morgan fingerprint density at radius 3 is 2.15 bits per heavy atom. The molecule has 1 aliphatic heterocycles. The van der Waals surface area contributed by atoms with E-state index in [-0.39, 0.29) is 35.1 Å². The quantitative estimate of drug-likeness (QED) is 0.802. The lowest BCUT2D eigenvalue weighted by molar-refractivity contribution is -0.144. The highest BCUT2D eigenvalue weighted by Crippen LogP contribution is 2.40. The second-order valence-corrected chi connectivity index (χ2v) is 7.99. The van der Waals surface area contributed by atoms with Gasteiger partial charge in [-0.25, -0.2) is 4.39 Å². The largest absolute Gasteiger partial charge is 0.339 e. The number of carbonyl (C=O) groups is 3. The van der Waals surface area contributed by atoms with Crippen molar-refractivity contribution in [2.45, 2.75) is 32.1 Å². The molecule has 1 aromatic carbocycles. The summed E-state index contributed by atoms with van der Waals surface area (Å²) in [6, 6.07) is 5.99. The maximum atomic E-state index is 13.8. The molecular weight excluding hydrogens is 347 g/mol. The van der Waals surface area contributed by atoms with Crippen LogP contribution in [0.25, 0.3) is 0 Å². The molecule has 2 bridgehead atoms. The average molecular weight is 372 g/mol. The van der Waals surface area contributed by atoms with E-state index in [1.54, 1.807) is 17.0 Å². The minimum absolute atomic E-state index is 0.0631. The fourth-order valence-electron chi connectivity index (χ4n) is 4.87. The van der Waals surface area contributed by atoms with Crippen LogP contribution < -0.4 is 0 Å². The van der Waals surface area contributed by atoms with Gasteiger partial charge in [-0.1, -0.05) is 18.6 Å². The van der Waals surface area contributed by atoms with Crippen molar-refractivity contribution in [3.8, 4) is 0 Å². The van der Waals surface area contributed by atoms with Crippen LogP contribution in [-0.2, 0) is 9.59 Å². The first-order valence-electron chi connectivity index (χ1n) is 9.91. The van der Waals surface area contributed by atoms with Crippen LogP contribution in [0.1, 0.15) is 42.5 Å². The molecule has 5 nitrogen and oxygen atoms in total. The van der Waals surface area contributed by atoms with E-state index in [0.29, 0.717) is 44.8 Å². The second kappa shape index (κ2) is 7.41. The first-order valence-corrected chi connectivity index (χ1v) is 9.91. The number of hydrogen-bond donors (Lipinski definition) is 0. The fraction of sp³-hybridized carbons (Fsp3) is 0.571. The number of ketones is 1. The van der Waals surface area contributed by atoms with Gasteiger partial charge in [0.2, 0.25) is 5.91 Å². The summed E-state index contributed by atoms with van der Waals surface area (Å²) >= 11 is 0. The van der Waals surface area contributed by atoms with Gasteiger partial charge in [-0.05, 0) is 37.8 Å². The minimum atomic E-state index is -0.514. The predicted octanol–water partition coefficient (Wildman–Crippen LogP) is 2.51. The molecule has 0 N–H and O–H groups in total. The minimum Gasteiger partial charge on any atom is -0.339 e. The van der Waals surface area contributed by atoms with Crippen LogP contribution in [0.15, 0.2) is 24.3 Å². The molecule has 27 heavy (non-hydrogen) atoms. The Morgan fingerprint density at radius 1 is 0.926 bits per heavy atom. The molecule has 0 spiro atoms. The van der Waals surface area contributed by atoms with Crippen LogP contribution in [0.4, 0.5) is 4.39 Å². The number of rotatable bonds is 2. The standard InChI is InChI=1S/C21H25FN2O3/c22-18-7-2-1-6-17(18)21(27)24-10-8-23(9-11-24)20(26)16-12-14-4-3-5-15(13-16)19(14)25/h1-2,6-7,14-16H,3-5,8-13H2/t14-,15-/m0/s1. The Hall–Kier alpha value is -2.24. The summed E-state index contributed by atoms with van der Waals surface area (Å²) in [7, 11) is 0. The zero-order chi connectivity index (χ0) is 19.0. The highest BCUT2D eigenvalue weighted by molar-refractivity contribution is 5.94. The fourth-order valence-corrected chi connectivity index (χ4v) is 4.87.